The number of amides is 2. The Labute approximate surface area is 146 Å². The quantitative estimate of drug-likeness (QED) is 0.741. The number of carbonyl (C=O) groups excluding carboxylic acids is 2. The summed E-state index contributed by atoms with van der Waals surface area (Å²) in [5.41, 5.74) is 0. The molecule has 0 spiro atoms. The first-order valence-corrected chi connectivity index (χ1v) is 9.35. The van der Waals surface area contributed by atoms with Crippen LogP contribution >= 0.6 is 0 Å². The summed E-state index contributed by atoms with van der Waals surface area (Å²) in [4.78, 5) is 32.2. The SMILES string of the molecule is CCC(=O)N1CCC(CN2CCN(CC(=O)N(C)C)C[C@@H]2C)CC1. The van der Waals surface area contributed by atoms with E-state index in [2.05, 4.69) is 16.7 Å². The smallest absolute Gasteiger partial charge is 0.236 e. The van der Waals surface area contributed by atoms with Gasteiger partial charge >= 0.3 is 0 Å². The zero-order chi connectivity index (χ0) is 17.7. The van der Waals surface area contributed by atoms with Crippen LogP contribution < -0.4 is 0 Å². The molecule has 6 nitrogen and oxygen atoms in total. The maximum Gasteiger partial charge on any atom is 0.236 e. The Balaban J connectivity index is 1.73. The predicted octanol–water partition coefficient (Wildman–Crippen LogP) is 0.729. The number of rotatable bonds is 5. The summed E-state index contributed by atoms with van der Waals surface area (Å²) in [6, 6.07) is 0.490. The highest BCUT2D eigenvalue weighted by atomic mass is 16.2. The molecule has 2 heterocycles. The summed E-state index contributed by atoms with van der Waals surface area (Å²) in [6.45, 7) is 10.7. The van der Waals surface area contributed by atoms with E-state index in [4.69, 9.17) is 0 Å². The molecule has 138 valence electrons. The number of nitrogens with zero attached hydrogens (tertiary/aromatic N) is 4. The lowest BCUT2D eigenvalue weighted by atomic mass is 9.95. The largest absolute Gasteiger partial charge is 0.348 e. The molecule has 0 unspecified atom stereocenters. The predicted molar refractivity (Wildman–Crippen MR) is 95.8 cm³/mol. The van der Waals surface area contributed by atoms with Gasteiger partial charge in [0.05, 0.1) is 6.54 Å². The van der Waals surface area contributed by atoms with Crippen LogP contribution in [0.15, 0.2) is 0 Å². The summed E-state index contributed by atoms with van der Waals surface area (Å²) in [5.74, 6) is 1.17. The van der Waals surface area contributed by atoms with Gasteiger partial charge in [0.15, 0.2) is 0 Å². The van der Waals surface area contributed by atoms with Gasteiger partial charge < -0.3 is 9.80 Å². The average molecular weight is 338 g/mol. The highest BCUT2D eigenvalue weighted by molar-refractivity contribution is 5.77. The molecule has 24 heavy (non-hydrogen) atoms. The number of piperazine rings is 1. The van der Waals surface area contributed by atoms with Crippen LogP contribution in [0.1, 0.15) is 33.1 Å². The van der Waals surface area contributed by atoms with Crippen LogP contribution in [0, 0.1) is 5.92 Å². The minimum absolute atomic E-state index is 0.184. The minimum atomic E-state index is 0.184. The minimum Gasteiger partial charge on any atom is -0.348 e. The maximum atomic E-state index is 11.9. The lowest BCUT2D eigenvalue weighted by Gasteiger charge is -2.42. The molecule has 2 amide bonds. The van der Waals surface area contributed by atoms with Gasteiger partial charge in [-0.05, 0) is 25.7 Å². The van der Waals surface area contributed by atoms with E-state index in [1.807, 2.05) is 25.9 Å². The molecule has 0 aromatic rings. The van der Waals surface area contributed by atoms with E-state index in [0.717, 1.165) is 52.1 Å². The zero-order valence-electron chi connectivity index (χ0n) is 15.8. The number of hydrogen-bond donors (Lipinski definition) is 0. The first-order valence-electron chi connectivity index (χ1n) is 9.35. The summed E-state index contributed by atoms with van der Waals surface area (Å²) >= 11 is 0. The van der Waals surface area contributed by atoms with E-state index >= 15 is 0 Å². The van der Waals surface area contributed by atoms with E-state index in [1.54, 1.807) is 4.90 Å². The Morgan fingerprint density at radius 1 is 1.08 bits per heavy atom. The Bertz CT molecular complexity index is 433. The van der Waals surface area contributed by atoms with Crippen molar-refractivity contribution in [3.05, 3.63) is 0 Å². The van der Waals surface area contributed by atoms with E-state index in [1.165, 1.54) is 0 Å². The second-order valence-corrected chi connectivity index (χ2v) is 7.54. The van der Waals surface area contributed by atoms with Gasteiger partial charge in [0.2, 0.25) is 11.8 Å². The van der Waals surface area contributed by atoms with Crippen LogP contribution in [-0.4, -0.2) is 97.4 Å². The molecular formula is C18H34N4O2. The van der Waals surface area contributed by atoms with Gasteiger partial charge in [-0.3, -0.25) is 19.4 Å². The molecule has 0 radical (unpaired) electrons. The monoisotopic (exact) mass is 338 g/mol. The van der Waals surface area contributed by atoms with Gasteiger partial charge in [-0.2, -0.15) is 0 Å². The van der Waals surface area contributed by atoms with Crippen molar-refractivity contribution in [2.24, 2.45) is 5.92 Å². The van der Waals surface area contributed by atoms with Gasteiger partial charge in [0, 0.05) is 65.8 Å². The van der Waals surface area contributed by atoms with Crippen LogP contribution in [0.2, 0.25) is 0 Å². The van der Waals surface area contributed by atoms with Gasteiger partial charge in [-0.15, -0.1) is 0 Å². The van der Waals surface area contributed by atoms with Crippen LogP contribution in [0.5, 0.6) is 0 Å². The lowest BCUT2D eigenvalue weighted by Crippen LogP contribution is -2.55. The molecule has 1 atom stereocenters. The van der Waals surface area contributed by atoms with Crippen molar-refractivity contribution in [1.29, 1.82) is 0 Å². The third-order valence-corrected chi connectivity index (χ3v) is 5.47. The van der Waals surface area contributed by atoms with Crippen LogP contribution in [0.4, 0.5) is 0 Å². The molecule has 0 aromatic heterocycles. The molecule has 0 aromatic carbocycles. The van der Waals surface area contributed by atoms with Crippen LogP contribution in [0.25, 0.3) is 0 Å². The first-order chi connectivity index (χ1) is 11.4. The van der Waals surface area contributed by atoms with Crippen molar-refractivity contribution < 1.29 is 9.59 Å². The van der Waals surface area contributed by atoms with Gasteiger partial charge in [0.1, 0.15) is 0 Å². The number of likely N-dealkylation sites (N-methyl/N-ethyl adjacent to an activating group) is 1. The molecule has 0 N–H and O–H groups in total. The molecule has 2 fully saturated rings. The molecule has 2 aliphatic rings. The van der Waals surface area contributed by atoms with Crippen LogP contribution in [-0.2, 0) is 9.59 Å². The fraction of sp³-hybridized carbons (Fsp3) is 0.889. The van der Waals surface area contributed by atoms with Gasteiger partial charge in [0.25, 0.3) is 0 Å². The summed E-state index contributed by atoms with van der Waals surface area (Å²) in [7, 11) is 3.63. The second-order valence-electron chi connectivity index (χ2n) is 7.54. The number of carbonyl (C=O) groups is 2. The molecule has 6 heteroatoms. The standard InChI is InChI=1S/C18H34N4O2/c1-5-17(23)21-8-6-16(7-9-21)13-22-11-10-20(12-15(22)2)14-18(24)19(3)4/h15-16H,5-14H2,1-4H3/t15-/m0/s1. The van der Waals surface area contributed by atoms with E-state index in [-0.39, 0.29) is 5.91 Å². The van der Waals surface area contributed by atoms with Crippen molar-refractivity contribution >= 4 is 11.8 Å². The van der Waals surface area contributed by atoms with Crippen molar-refractivity contribution in [1.82, 2.24) is 19.6 Å². The van der Waals surface area contributed by atoms with Crippen molar-refractivity contribution in [2.45, 2.75) is 39.2 Å². The summed E-state index contributed by atoms with van der Waals surface area (Å²) in [6.07, 6.45) is 2.87. The third-order valence-electron chi connectivity index (χ3n) is 5.47. The van der Waals surface area contributed by atoms with Crippen molar-refractivity contribution in [3.63, 3.8) is 0 Å². The average Bonchev–Trinajstić information content (AvgIpc) is 2.57. The first kappa shape index (κ1) is 19.2. The summed E-state index contributed by atoms with van der Waals surface area (Å²) < 4.78 is 0. The molecule has 2 rings (SSSR count). The number of piperidine rings is 1. The molecular weight excluding hydrogens is 304 g/mol. The number of hydrogen-bond acceptors (Lipinski definition) is 4. The van der Waals surface area contributed by atoms with Gasteiger partial charge in [-0.25, -0.2) is 0 Å². The van der Waals surface area contributed by atoms with E-state index < -0.39 is 0 Å². The number of likely N-dealkylation sites (tertiary alicyclic amines) is 1. The normalized spacial score (nSPS) is 24.2. The molecule has 0 bridgehead atoms. The van der Waals surface area contributed by atoms with Crippen molar-refractivity contribution in [3.8, 4) is 0 Å². The Hall–Kier alpha value is -1.14. The fourth-order valence-electron chi connectivity index (χ4n) is 3.74. The highest BCUT2D eigenvalue weighted by Crippen LogP contribution is 2.21. The molecule has 2 aliphatic heterocycles. The van der Waals surface area contributed by atoms with Crippen molar-refractivity contribution in [2.75, 3.05) is 59.9 Å². The van der Waals surface area contributed by atoms with Gasteiger partial charge in [-0.1, -0.05) is 6.92 Å². The fourth-order valence-corrected chi connectivity index (χ4v) is 3.74. The van der Waals surface area contributed by atoms with Crippen LogP contribution in [0.3, 0.4) is 0 Å². The Morgan fingerprint density at radius 3 is 2.29 bits per heavy atom. The lowest BCUT2D eigenvalue weighted by molar-refractivity contribution is -0.133. The highest BCUT2D eigenvalue weighted by Gasteiger charge is 2.29. The van der Waals surface area contributed by atoms with E-state index in [9.17, 15) is 9.59 Å². The molecule has 0 aliphatic carbocycles. The molecule has 0 saturated carbocycles. The molecule has 2 saturated heterocycles. The third kappa shape index (κ3) is 5.18. The Morgan fingerprint density at radius 2 is 1.75 bits per heavy atom. The summed E-state index contributed by atoms with van der Waals surface area (Å²) in [5, 5.41) is 0. The topological polar surface area (TPSA) is 47.1 Å². The maximum absolute atomic E-state index is 11.9. The second kappa shape index (κ2) is 8.81. The Kier molecular flexibility index (Phi) is 7.04. The van der Waals surface area contributed by atoms with E-state index in [0.29, 0.717) is 30.8 Å². The zero-order valence-corrected chi connectivity index (χ0v) is 15.8.